The molecule has 0 saturated carbocycles. The lowest BCUT2D eigenvalue weighted by Gasteiger charge is -2.13. The van der Waals surface area contributed by atoms with E-state index >= 15 is 0 Å². The summed E-state index contributed by atoms with van der Waals surface area (Å²) in [6.07, 6.45) is 0. The number of fused-ring (bicyclic) bond motifs is 3. The number of nitrogens with zero attached hydrogens (tertiary/aromatic N) is 3. The molecule has 1 aromatic carbocycles. The highest BCUT2D eigenvalue weighted by atomic mass is 79.9. The van der Waals surface area contributed by atoms with Crippen molar-refractivity contribution in [3.63, 3.8) is 0 Å². The molecule has 0 unspecified atom stereocenters. The van der Waals surface area contributed by atoms with Gasteiger partial charge in [0.05, 0.1) is 17.8 Å². The Morgan fingerprint density at radius 1 is 1.50 bits per heavy atom. The van der Waals surface area contributed by atoms with Gasteiger partial charge in [-0.25, -0.2) is 4.98 Å². The van der Waals surface area contributed by atoms with E-state index in [2.05, 4.69) is 20.9 Å². The second-order valence-electron chi connectivity index (χ2n) is 5.47. The van der Waals surface area contributed by atoms with Crippen LogP contribution in [0.2, 0.25) is 0 Å². The molecule has 2 N–H and O–H groups in total. The lowest BCUT2D eigenvalue weighted by Crippen LogP contribution is -2.21. The first-order valence-corrected chi connectivity index (χ1v) is 7.73. The molecule has 2 heterocycles. The van der Waals surface area contributed by atoms with Crippen molar-refractivity contribution < 1.29 is 9.53 Å². The third kappa shape index (κ3) is 2.62. The van der Waals surface area contributed by atoms with Crippen molar-refractivity contribution in [2.24, 2.45) is 5.73 Å². The highest BCUT2D eigenvalue weighted by Gasteiger charge is 2.25. The van der Waals surface area contributed by atoms with E-state index in [-0.39, 0.29) is 0 Å². The molecule has 0 atom stereocenters. The van der Waals surface area contributed by atoms with E-state index in [1.807, 2.05) is 41.8 Å². The number of ether oxygens (including phenoxy) is 1. The summed E-state index contributed by atoms with van der Waals surface area (Å²) in [6, 6.07) is 5.77. The Kier molecular flexibility index (Phi) is 3.92. The number of benzene rings is 1. The fourth-order valence-corrected chi connectivity index (χ4v) is 3.00. The van der Waals surface area contributed by atoms with Crippen LogP contribution in [0, 0.1) is 0 Å². The topological polar surface area (TPSA) is 73.4 Å². The molecule has 1 amide bonds. The van der Waals surface area contributed by atoms with Crippen molar-refractivity contribution in [2.45, 2.75) is 13.1 Å². The number of carbonyl (C=O) groups is 1. The van der Waals surface area contributed by atoms with Gasteiger partial charge in [0.1, 0.15) is 18.2 Å². The van der Waals surface area contributed by atoms with Crippen LogP contribution >= 0.6 is 15.9 Å². The molecule has 0 spiro atoms. The summed E-state index contributed by atoms with van der Waals surface area (Å²) in [5.74, 6) is 0.980. The van der Waals surface area contributed by atoms with Gasteiger partial charge in [0.2, 0.25) is 0 Å². The maximum Gasteiger partial charge on any atom is 0.269 e. The standard InChI is InChI=1S/C15H17BrN4O2/c1-19(2)8-11-13(14(17)21)18-15-10-7-9(16)3-4-12(10)22-6-5-20(11)15/h3-4,7H,5-6,8H2,1-2H3,(H2,17,21). The molecule has 1 aromatic heterocycles. The predicted molar refractivity (Wildman–Crippen MR) is 86.8 cm³/mol. The van der Waals surface area contributed by atoms with Gasteiger partial charge in [0.25, 0.3) is 5.91 Å². The molecule has 3 rings (SSSR count). The molecule has 22 heavy (non-hydrogen) atoms. The summed E-state index contributed by atoms with van der Waals surface area (Å²) in [4.78, 5) is 18.3. The highest BCUT2D eigenvalue weighted by Crippen LogP contribution is 2.35. The zero-order valence-electron chi connectivity index (χ0n) is 12.5. The summed E-state index contributed by atoms with van der Waals surface area (Å²) in [5, 5.41) is 0. The second-order valence-corrected chi connectivity index (χ2v) is 6.39. The maximum absolute atomic E-state index is 11.8. The number of imidazole rings is 1. The molecule has 2 aromatic rings. The fraction of sp³-hybridized carbons (Fsp3) is 0.333. The first kappa shape index (κ1) is 15.1. The molecule has 6 nitrogen and oxygen atoms in total. The number of rotatable bonds is 3. The van der Waals surface area contributed by atoms with Crippen molar-refractivity contribution in [2.75, 3.05) is 20.7 Å². The van der Waals surface area contributed by atoms with E-state index in [0.29, 0.717) is 25.4 Å². The Morgan fingerprint density at radius 3 is 2.95 bits per heavy atom. The Labute approximate surface area is 137 Å². The van der Waals surface area contributed by atoms with Crippen molar-refractivity contribution >= 4 is 21.8 Å². The van der Waals surface area contributed by atoms with Gasteiger partial charge in [-0.2, -0.15) is 0 Å². The van der Waals surface area contributed by atoms with Gasteiger partial charge in [-0.3, -0.25) is 4.79 Å². The van der Waals surface area contributed by atoms with E-state index in [9.17, 15) is 4.79 Å². The van der Waals surface area contributed by atoms with E-state index in [4.69, 9.17) is 10.5 Å². The number of hydrogen-bond donors (Lipinski definition) is 1. The molecule has 0 aliphatic carbocycles. The smallest absolute Gasteiger partial charge is 0.269 e. The van der Waals surface area contributed by atoms with Crippen LogP contribution in [0.25, 0.3) is 11.4 Å². The van der Waals surface area contributed by atoms with Crippen LogP contribution in [0.1, 0.15) is 16.2 Å². The van der Waals surface area contributed by atoms with Crippen molar-refractivity contribution in [1.82, 2.24) is 14.5 Å². The Balaban J connectivity index is 2.24. The third-order valence-corrected chi connectivity index (χ3v) is 4.02. The zero-order chi connectivity index (χ0) is 15.9. The molecule has 7 heteroatoms. The monoisotopic (exact) mass is 364 g/mol. The largest absolute Gasteiger partial charge is 0.491 e. The van der Waals surface area contributed by atoms with Gasteiger partial charge < -0.3 is 19.9 Å². The van der Waals surface area contributed by atoms with Crippen LogP contribution < -0.4 is 10.5 Å². The minimum Gasteiger partial charge on any atom is -0.491 e. The summed E-state index contributed by atoms with van der Waals surface area (Å²) in [6.45, 7) is 1.75. The maximum atomic E-state index is 11.8. The van der Waals surface area contributed by atoms with E-state index in [1.54, 1.807) is 0 Å². The first-order chi connectivity index (χ1) is 10.5. The lowest BCUT2D eigenvalue weighted by molar-refractivity contribution is 0.0994. The number of halogens is 1. The minimum atomic E-state index is -0.505. The van der Waals surface area contributed by atoms with Gasteiger partial charge in [-0.1, -0.05) is 15.9 Å². The second kappa shape index (κ2) is 5.73. The molecule has 0 fully saturated rings. The van der Waals surface area contributed by atoms with E-state index in [0.717, 1.165) is 27.3 Å². The van der Waals surface area contributed by atoms with Crippen molar-refractivity contribution in [3.8, 4) is 17.1 Å². The Hall–Kier alpha value is -1.86. The van der Waals surface area contributed by atoms with Crippen LogP contribution in [-0.4, -0.2) is 41.1 Å². The van der Waals surface area contributed by atoms with Crippen molar-refractivity contribution in [3.05, 3.63) is 34.1 Å². The van der Waals surface area contributed by atoms with Gasteiger partial charge >= 0.3 is 0 Å². The molecule has 0 radical (unpaired) electrons. The van der Waals surface area contributed by atoms with E-state index in [1.165, 1.54) is 0 Å². The lowest BCUT2D eigenvalue weighted by atomic mass is 10.2. The molecule has 1 aliphatic rings. The van der Waals surface area contributed by atoms with Crippen LogP contribution in [0.4, 0.5) is 0 Å². The fourth-order valence-electron chi connectivity index (χ4n) is 2.64. The average molecular weight is 365 g/mol. The number of aromatic nitrogens is 2. The number of hydrogen-bond acceptors (Lipinski definition) is 4. The van der Waals surface area contributed by atoms with Crippen molar-refractivity contribution in [1.29, 1.82) is 0 Å². The SMILES string of the molecule is CN(C)Cc1c(C(N)=O)nc2n1CCOc1ccc(Br)cc1-2. The summed E-state index contributed by atoms with van der Waals surface area (Å²) in [7, 11) is 3.89. The number of amides is 1. The molecule has 0 bridgehead atoms. The summed E-state index contributed by atoms with van der Waals surface area (Å²) < 4.78 is 8.75. The number of nitrogens with two attached hydrogens (primary N) is 1. The Morgan fingerprint density at radius 2 is 2.27 bits per heavy atom. The quantitative estimate of drug-likeness (QED) is 0.901. The normalized spacial score (nSPS) is 13.3. The average Bonchev–Trinajstić information content (AvgIpc) is 2.69. The van der Waals surface area contributed by atoms with E-state index < -0.39 is 5.91 Å². The van der Waals surface area contributed by atoms with Gasteiger partial charge in [0, 0.05) is 11.0 Å². The third-order valence-electron chi connectivity index (χ3n) is 3.53. The molecule has 0 saturated heterocycles. The molecule has 1 aliphatic heterocycles. The van der Waals surface area contributed by atoms with Gasteiger partial charge in [0.15, 0.2) is 5.69 Å². The number of carbonyl (C=O) groups excluding carboxylic acids is 1. The minimum absolute atomic E-state index is 0.330. The first-order valence-electron chi connectivity index (χ1n) is 6.94. The van der Waals surface area contributed by atoms with Gasteiger partial charge in [-0.05, 0) is 32.3 Å². The highest BCUT2D eigenvalue weighted by molar-refractivity contribution is 9.10. The zero-order valence-corrected chi connectivity index (χ0v) is 14.1. The van der Waals surface area contributed by atoms with Crippen LogP contribution in [0.3, 0.4) is 0 Å². The Bertz CT molecular complexity index is 739. The molecule has 116 valence electrons. The molecular formula is C15H17BrN4O2. The molecular weight excluding hydrogens is 348 g/mol. The van der Waals surface area contributed by atoms with Crippen LogP contribution in [-0.2, 0) is 13.1 Å². The predicted octanol–water partition coefficient (Wildman–Crippen LogP) is 1.87. The van der Waals surface area contributed by atoms with Crippen LogP contribution in [0.15, 0.2) is 22.7 Å². The van der Waals surface area contributed by atoms with Crippen LogP contribution in [0.5, 0.6) is 5.75 Å². The number of primary amides is 1. The van der Waals surface area contributed by atoms with Gasteiger partial charge in [-0.15, -0.1) is 0 Å². The summed E-state index contributed by atoms with van der Waals surface area (Å²) in [5.41, 5.74) is 7.53. The summed E-state index contributed by atoms with van der Waals surface area (Å²) >= 11 is 3.47.